The third-order valence-electron chi connectivity index (χ3n) is 2.85. The summed E-state index contributed by atoms with van der Waals surface area (Å²) in [5.41, 5.74) is 2.13. The predicted octanol–water partition coefficient (Wildman–Crippen LogP) is 2.84. The van der Waals surface area contributed by atoms with Crippen LogP contribution in [0.5, 0.6) is 5.75 Å². The molecule has 1 aliphatic carbocycles. The van der Waals surface area contributed by atoms with E-state index in [0.717, 1.165) is 24.2 Å². The fraction of sp³-hybridized carbons (Fsp3) is 0.538. The summed E-state index contributed by atoms with van der Waals surface area (Å²) >= 11 is 0. The molecular formula is C13H18O2. The molecule has 2 rings (SSSR count). The number of aliphatic hydroxyl groups is 1. The van der Waals surface area contributed by atoms with Gasteiger partial charge in [-0.3, -0.25) is 0 Å². The van der Waals surface area contributed by atoms with Gasteiger partial charge in [-0.25, -0.2) is 0 Å². The summed E-state index contributed by atoms with van der Waals surface area (Å²) in [5.74, 6) is 1.29. The molecule has 2 heteroatoms. The van der Waals surface area contributed by atoms with Gasteiger partial charge < -0.3 is 9.84 Å². The zero-order valence-corrected chi connectivity index (χ0v) is 9.36. The lowest BCUT2D eigenvalue weighted by Crippen LogP contribution is -2.04. The molecule has 0 amide bonds. The highest BCUT2D eigenvalue weighted by atomic mass is 16.5. The molecule has 15 heavy (non-hydrogen) atoms. The fourth-order valence-electron chi connectivity index (χ4n) is 1.85. The fourth-order valence-corrected chi connectivity index (χ4v) is 1.85. The summed E-state index contributed by atoms with van der Waals surface area (Å²) in [7, 11) is 0. The second-order valence-corrected chi connectivity index (χ2v) is 4.26. The third-order valence-corrected chi connectivity index (χ3v) is 2.85. The second-order valence-electron chi connectivity index (χ2n) is 4.26. The third kappa shape index (κ3) is 2.32. The molecule has 2 nitrogen and oxygen atoms in total. The zero-order chi connectivity index (χ0) is 10.8. The minimum absolute atomic E-state index is 0.341. The highest BCUT2D eigenvalue weighted by Gasteiger charge is 2.32. The molecule has 0 radical (unpaired) electrons. The minimum Gasteiger partial charge on any atom is -0.493 e. The maximum absolute atomic E-state index is 10.1. The van der Waals surface area contributed by atoms with Gasteiger partial charge >= 0.3 is 0 Å². The normalized spacial score (nSPS) is 17.5. The molecular weight excluding hydrogens is 188 g/mol. The van der Waals surface area contributed by atoms with Gasteiger partial charge in [-0.2, -0.15) is 0 Å². The number of aliphatic hydroxyl groups excluding tert-OH is 1. The van der Waals surface area contributed by atoms with Crippen LogP contribution in [-0.4, -0.2) is 11.7 Å². The van der Waals surface area contributed by atoms with E-state index in [9.17, 15) is 5.11 Å². The average molecular weight is 206 g/mol. The van der Waals surface area contributed by atoms with Crippen LogP contribution < -0.4 is 4.74 Å². The van der Waals surface area contributed by atoms with Crippen molar-refractivity contribution in [3.63, 3.8) is 0 Å². The van der Waals surface area contributed by atoms with Crippen molar-refractivity contribution in [2.24, 2.45) is 5.92 Å². The first-order chi connectivity index (χ1) is 7.22. The quantitative estimate of drug-likeness (QED) is 0.820. The minimum atomic E-state index is -0.341. The zero-order valence-electron chi connectivity index (χ0n) is 9.36. The molecule has 1 saturated carbocycles. The molecule has 0 bridgehead atoms. The summed E-state index contributed by atoms with van der Waals surface area (Å²) in [6, 6.07) is 6.02. The van der Waals surface area contributed by atoms with Gasteiger partial charge in [0.1, 0.15) is 5.75 Å². The van der Waals surface area contributed by atoms with Crippen LogP contribution in [0, 0.1) is 12.8 Å². The van der Waals surface area contributed by atoms with E-state index >= 15 is 0 Å². The van der Waals surface area contributed by atoms with Crippen LogP contribution in [0.4, 0.5) is 0 Å². The molecule has 82 valence electrons. The maximum Gasteiger partial charge on any atom is 0.125 e. The molecule has 1 aromatic rings. The van der Waals surface area contributed by atoms with Crippen molar-refractivity contribution < 1.29 is 9.84 Å². The lowest BCUT2D eigenvalue weighted by atomic mass is 10.0. The van der Waals surface area contributed by atoms with Crippen LogP contribution in [0.3, 0.4) is 0 Å². The van der Waals surface area contributed by atoms with Crippen LogP contribution in [0.15, 0.2) is 18.2 Å². The molecule has 0 spiro atoms. The van der Waals surface area contributed by atoms with Crippen molar-refractivity contribution in [3.05, 3.63) is 29.3 Å². The summed E-state index contributed by atoms with van der Waals surface area (Å²) in [6.07, 6.45) is 1.94. The van der Waals surface area contributed by atoms with Gasteiger partial charge in [0.25, 0.3) is 0 Å². The highest BCUT2D eigenvalue weighted by Crippen LogP contribution is 2.43. The molecule has 0 aliphatic heterocycles. The summed E-state index contributed by atoms with van der Waals surface area (Å²) in [4.78, 5) is 0. The highest BCUT2D eigenvalue weighted by molar-refractivity contribution is 5.39. The van der Waals surface area contributed by atoms with Crippen molar-refractivity contribution >= 4 is 0 Å². The Kier molecular flexibility index (Phi) is 2.96. The van der Waals surface area contributed by atoms with E-state index in [1.54, 1.807) is 0 Å². The van der Waals surface area contributed by atoms with Crippen LogP contribution in [-0.2, 0) is 0 Å². The number of rotatable bonds is 4. The van der Waals surface area contributed by atoms with Gasteiger partial charge in [0.15, 0.2) is 0 Å². The van der Waals surface area contributed by atoms with Crippen molar-refractivity contribution in [2.75, 3.05) is 6.61 Å². The smallest absolute Gasteiger partial charge is 0.125 e. The summed E-state index contributed by atoms with van der Waals surface area (Å²) in [5, 5.41) is 10.1. The molecule has 0 heterocycles. The second kappa shape index (κ2) is 4.23. The van der Waals surface area contributed by atoms with Gasteiger partial charge in [0.05, 0.1) is 12.7 Å². The predicted molar refractivity (Wildman–Crippen MR) is 60.0 cm³/mol. The first kappa shape index (κ1) is 10.5. The first-order valence-corrected chi connectivity index (χ1v) is 5.63. The molecule has 1 fully saturated rings. The molecule has 0 saturated heterocycles. The Hall–Kier alpha value is -1.02. The maximum atomic E-state index is 10.1. The number of aryl methyl sites for hydroxylation is 1. The number of hydrogen-bond donors (Lipinski definition) is 1. The summed E-state index contributed by atoms with van der Waals surface area (Å²) in [6.45, 7) is 4.65. The summed E-state index contributed by atoms with van der Waals surface area (Å²) < 4.78 is 5.53. The van der Waals surface area contributed by atoms with Crippen molar-refractivity contribution in [1.82, 2.24) is 0 Å². The van der Waals surface area contributed by atoms with E-state index in [0.29, 0.717) is 12.5 Å². The van der Waals surface area contributed by atoms with Crippen LogP contribution in [0.2, 0.25) is 0 Å². The van der Waals surface area contributed by atoms with E-state index < -0.39 is 0 Å². The van der Waals surface area contributed by atoms with Gasteiger partial charge in [-0.05, 0) is 44.7 Å². The molecule has 1 atom stereocenters. The van der Waals surface area contributed by atoms with Gasteiger partial charge in [0.2, 0.25) is 0 Å². The Morgan fingerprint density at radius 3 is 2.80 bits per heavy atom. The van der Waals surface area contributed by atoms with Crippen LogP contribution >= 0.6 is 0 Å². The number of ether oxygens (including phenoxy) is 1. The molecule has 1 aromatic carbocycles. The van der Waals surface area contributed by atoms with E-state index in [-0.39, 0.29) is 6.10 Å². The largest absolute Gasteiger partial charge is 0.493 e. The van der Waals surface area contributed by atoms with E-state index in [1.807, 2.05) is 32.0 Å². The molecule has 1 unspecified atom stereocenters. The SMILES string of the molecule is CCOc1ccc(C)cc1C(O)C1CC1. The van der Waals surface area contributed by atoms with Crippen molar-refractivity contribution in [2.45, 2.75) is 32.8 Å². The van der Waals surface area contributed by atoms with Gasteiger partial charge in [-0.1, -0.05) is 11.6 Å². The lowest BCUT2D eigenvalue weighted by Gasteiger charge is -2.15. The Balaban J connectivity index is 2.28. The number of benzene rings is 1. The Morgan fingerprint density at radius 2 is 2.20 bits per heavy atom. The Morgan fingerprint density at radius 1 is 1.47 bits per heavy atom. The van der Waals surface area contributed by atoms with Crippen LogP contribution in [0.1, 0.15) is 37.0 Å². The van der Waals surface area contributed by atoms with Crippen molar-refractivity contribution in [3.8, 4) is 5.75 Å². The average Bonchev–Trinajstić information content (AvgIpc) is 3.03. The van der Waals surface area contributed by atoms with Crippen molar-refractivity contribution in [1.29, 1.82) is 0 Å². The number of hydrogen-bond acceptors (Lipinski definition) is 2. The van der Waals surface area contributed by atoms with E-state index in [2.05, 4.69) is 0 Å². The van der Waals surface area contributed by atoms with Gasteiger partial charge in [-0.15, -0.1) is 0 Å². The van der Waals surface area contributed by atoms with Crippen LogP contribution in [0.25, 0.3) is 0 Å². The topological polar surface area (TPSA) is 29.5 Å². The Labute approximate surface area is 90.9 Å². The monoisotopic (exact) mass is 206 g/mol. The van der Waals surface area contributed by atoms with E-state index in [4.69, 9.17) is 4.74 Å². The molecule has 1 N–H and O–H groups in total. The Bertz CT molecular complexity index is 342. The standard InChI is InChI=1S/C13H18O2/c1-3-15-12-7-4-9(2)8-11(12)13(14)10-5-6-10/h4,7-8,10,13-14H,3,5-6H2,1-2H3. The first-order valence-electron chi connectivity index (χ1n) is 5.63. The van der Waals surface area contributed by atoms with Gasteiger partial charge in [0, 0.05) is 5.56 Å². The lowest BCUT2D eigenvalue weighted by molar-refractivity contribution is 0.148. The van der Waals surface area contributed by atoms with E-state index in [1.165, 1.54) is 5.56 Å². The molecule has 0 aromatic heterocycles. The molecule has 1 aliphatic rings.